The zero-order chi connectivity index (χ0) is 13.7. The Morgan fingerprint density at radius 1 is 1.25 bits per heavy atom. The highest BCUT2D eigenvalue weighted by molar-refractivity contribution is 5.65. The number of nitrogens with zero attached hydrogens (tertiary/aromatic N) is 2. The number of hydrogen-bond donors (Lipinski definition) is 1. The van der Waals surface area contributed by atoms with Gasteiger partial charge in [0.05, 0.1) is 17.4 Å². The van der Waals surface area contributed by atoms with Gasteiger partial charge in [0.2, 0.25) is 0 Å². The predicted molar refractivity (Wildman–Crippen MR) is 75.8 cm³/mol. The first-order chi connectivity index (χ1) is 9.72. The molecule has 0 amide bonds. The average Bonchev–Trinajstić information content (AvgIpc) is 2.77. The maximum atomic E-state index is 13.1. The van der Waals surface area contributed by atoms with Crippen LogP contribution in [0.2, 0.25) is 0 Å². The number of fused-ring (bicyclic) bond motifs is 4. The summed E-state index contributed by atoms with van der Waals surface area (Å²) < 4.78 is 15.1. The summed E-state index contributed by atoms with van der Waals surface area (Å²) in [6, 6.07) is 7.73. The Morgan fingerprint density at radius 3 is 2.85 bits per heavy atom. The van der Waals surface area contributed by atoms with E-state index in [4.69, 9.17) is 5.10 Å². The Labute approximate surface area is 117 Å². The van der Waals surface area contributed by atoms with E-state index in [-0.39, 0.29) is 5.82 Å². The third-order valence-electron chi connectivity index (χ3n) is 4.56. The fourth-order valence-corrected chi connectivity index (χ4v) is 3.68. The number of rotatable bonds is 1. The monoisotopic (exact) mass is 271 g/mol. The second kappa shape index (κ2) is 4.42. The summed E-state index contributed by atoms with van der Waals surface area (Å²) in [7, 11) is 1.99. The fraction of sp³-hybridized carbons (Fsp3) is 0.438. The van der Waals surface area contributed by atoms with Crippen molar-refractivity contribution < 1.29 is 4.39 Å². The van der Waals surface area contributed by atoms with Gasteiger partial charge in [-0.15, -0.1) is 0 Å². The molecule has 0 spiro atoms. The number of aromatic nitrogens is 2. The van der Waals surface area contributed by atoms with E-state index in [1.807, 2.05) is 23.9 Å². The molecule has 4 heteroatoms. The molecule has 1 fully saturated rings. The summed E-state index contributed by atoms with van der Waals surface area (Å²) >= 11 is 0. The molecule has 20 heavy (non-hydrogen) atoms. The second-order valence-corrected chi connectivity index (χ2v) is 5.89. The van der Waals surface area contributed by atoms with Crippen molar-refractivity contribution in [2.24, 2.45) is 7.05 Å². The van der Waals surface area contributed by atoms with Crippen LogP contribution in [0.1, 0.15) is 36.6 Å². The Kier molecular flexibility index (Phi) is 2.67. The van der Waals surface area contributed by atoms with E-state index in [0.717, 1.165) is 17.7 Å². The molecule has 1 aromatic carbocycles. The normalized spacial score (nSPS) is 24.5. The first kappa shape index (κ1) is 12.1. The van der Waals surface area contributed by atoms with Gasteiger partial charge < -0.3 is 5.32 Å². The molecule has 3 heterocycles. The summed E-state index contributed by atoms with van der Waals surface area (Å²) in [6.45, 7) is 0. The number of piperidine rings is 1. The first-order valence-corrected chi connectivity index (χ1v) is 7.30. The molecule has 1 aromatic heterocycles. The zero-order valence-electron chi connectivity index (χ0n) is 11.6. The average molecular weight is 271 g/mol. The van der Waals surface area contributed by atoms with Crippen molar-refractivity contribution in [3.63, 3.8) is 0 Å². The molecule has 1 N–H and O–H groups in total. The van der Waals surface area contributed by atoms with Gasteiger partial charge in [0, 0.05) is 24.2 Å². The zero-order valence-corrected chi connectivity index (χ0v) is 11.6. The molecule has 2 aromatic rings. The molecule has 3 nitrogen and oxygen atoms in total. The lowest BCUT2D eigenvalue weighted by Gasteiger charge is -2.35. The van der Waals surface area contributed by atoms with Crippen molar-refractivity contribution in [3.8, 4) is 11.3 Å². The molecular formula is C16H18FN3. The van der Waals surface area contributed by atoms with E-state index < -0.39 is 0 Å². The fourth-order valence-electron chi connectivity index (χ4n) is 3.68. The number of hydrogen-bond acceptors (Lipinski definition) is 2. The summed E-state index contributed by atoms with van der Waals surface area (Å²) in [5, 5.41) is 8.41. The van der Waals surface area contributed by atoms with Crippen molar-refractivity contribution in [3.05, 3.63) is 41.3 Å². The van der Waals surface area contributed by atoms with Crippen molar-refractivity contribution >= 4 is 0 Å². The number of benzene rings is 1. The Hall–Kier alpha value is -1.68. The third kappa shape index (κ3) is 1.79. The summed E-state index contributed by atoms with van der Waals surface area (Å²) in [6.07, 6.45) is 4.73. The van der Waals surface area contributed by atoms with Crippen LogP contribution in [-0.4, -0.2) is 15.8 Å². The Balaban J connectivity index is 1.85. The maximum Gasteiger partial charge on any atom is 0.123 e. The summed E-state index contributed by atoms with van der Waals surface area (Å²) in [5.74, 6) is -0.191. The number of aryl methyl sites for hydroxylation is 1. The quantitative estimate of drug-likeness (QED) is 0.864. The van der Waals surface area contributed by atoms with Gasteiger partial charge in [0.25, 0.3) is 0 Å². The lowest BCUT2D eigenvalue weighted by molar-refractivity contribution is 0.297. The van der Waals surface area contributed by atoms with Gasteiger partial charge >= 0.3 is 0 Å². The topological polar surface area (TPSA) is 29.9 Å². The Morgan fingerprint density at radius 2 is 2.05 bits per heavy atom. The van der Waals surface area contributed by atoms with Crippen LogP contribution in [0.15, 0.2) is 24.3 Å². The first-order valence-electron chi connectivity index (χ1n) is 7.30. The summed E-state index contributed by atoms with van der Waals surface area (Å²) in [4.78, 5) is 0. The van der Waals surface area contributed by atoms with Crippen molar-refractivity contribution in [2.45, 2.75) is 37.8 Å². The van der Waals surface area contributed by atoms with E-state index in [1.165, 1.54) is 42.7 Å². The highest BCUT2D eigenvalue weighted by atomic mass is 19.1. The van der Waals surface area contributed by atoms with Gasteiger partial charge in [0.1, 0.15) is 5.82 Å². The second-order valence-electron chi connectivity index (χ2n) is 5.89. The maximum absolute atomic E-state index is 13.1. The van der Waals surface area contributed by atoms with E-state index in [1.54, 1.807) is 0 Å². The van der Waals surface area contributed by atoms with Crippen molar-refractivity contribution in [1.82, 2.24) is 15.1 Å². The van der Waals surface area contributed by atoms with Crippen LogP contribution in [0, 0.1) is 5.82 Å². The van der Waals surface area contributed by atoms with Gasteiger partial charge in [-0.05, 0) is 49.9 Å². The molecule has 0 radical (unpaired) electrons. The minimum atomic E-state index is -0.191. The van der Waals surface area contributed by atoms with Gasteiger partial charge in [-0.1, -0.05) is 0 Å². The smallest absolute Gasteiger partial charge is 0.123 e. The van der Waals surface area contributed by atoms with Crippen LogP contribution in [0.5, 0.6) is 0 Å². The van der Waals surface area contributed by atoms with Crippen LogP contribution >= 0.6 is 0 Å². The van der Waals surface area contributed by atoms with Crippen LogP contribution in [0.4, 0.5) is 4.39 Å². The van der Waals surface area contributed by atoms with Crippen molar-refractivity contribution in [2.75, 3.05) is 0 Å². The summed E-state index contributed by atoms with van der Waals surface area (Å²) in [5.41, 5.74) is 4.76. The largest absolute Gasteiger partial charge is 0.305 e. The van der Waals surface area contributed by atoms with Crippen LogP contribution in [0.3, 0.4) is 0 Å². The third-order valence-corrected chi connectivity index (χ3v) is 4.56. The highest BCUT2D eigenvalue weighted by Crippen LogP contribution is 2.38. The number of nitrogens with one attached hydrogen (secondary N) is 1. The minimum Gasteiger partial charge on any atom is -0.305 e. The van der Waals surface area contributed by atoms with Crippen LogP contribution in [0.25, 0.3) is 11.3 Å². The molecule has 2 aliphatic heterocycles. The molecule has 0 saturated carbocycles. The standard InChI is InChI=1S/C16H18FN3/c1-20-16(10-5-7-11(17)8-6-10)13-9-12-3-2-4-14(18-12)15(13)19-20/h5-8,12,14,18H,2-4,9H2,1H3/t12-,14+/m1/s1. The molecule has 0 unspecified atom stereocenters. The van der Waals surface area contributed by atoms with E-state index in [0.29, 0.717) is 12.1 Å². The number of halogens is 1. The molecular weight excluding hydrogens is 253 g/mol. The molecule has 104 valence electrons. The minimum absolute atomic E-state index is 0.191. The highest BCUT2D eigenvalue weighted by Gasteiger charge is 2.34. The van der Waals surface area contributed by atoms with Crippen LogP contribution in [-0.2, 0) is 13.5 Å². The molecule has 2 aliphatic rings. The molecule has 2 atom stereocenters. The molecule has 1 saturated heterocycles. The van der Waals surface area contributed by atoms with Gasteiger partial charge in [-0.2, -0.15) is 5.10 Å². The van der Waals surface area contributed by atoms with E-state index in [2.05, 4.69) is 5.32 Å². The van der Waals surface area contributed by atoms with Crippen molar-refractivity contribution in [1.29, 1.82) is 0 Å². The van der Waals surface area contributed by atoms with E-state index in [9.17, 15) is 4.39 Å². The molecule has 0 aliphatic carbocycles. The van der Waals surface area contributed by atoms with Gasteiger partial charge in [-0.3, -0.25) is 4.68 Å². The van der Waals surface area contributed by atoms with E-state index >= 15 is 0 Å². The SMILES string of the molecule is Cn1nc2c(c1-c1ccc(F)cc1)C[C@H]1CCC[C@@H]2N1. The Bertz CT molecular complexity index is 644. The molecule has 2 bridgehead atoms. The van der Waals surface area contributed by atoms with Crippen LogP contribution < -0.4 is 5.32 Å². The lowest BCUT2D eigenvalue weighted by Crippen LogP contribution is -2.42. The molecule has 4 rings (SSSR count). The van der Waals surface area contributed by atoms with Gasteiger partial charge in [0.15, 0.2) is 0 Å². The predicted octanol–water partition coefficient (Wildman–Crippen LogP) is 2.97. The lowest BCUT2D eigenvalue weighted by atomic mass is 9.84. The van der Waals surface area contributed by atoms with Gasteiger partial charge in [-0.25, -0.2) is 4.39 Å².